The van der Waals surface area contributed by atoms with Crippen LogP contribution in [0.25, 0.3) is 0 Å². The third-order valence-electron chi connectivity index (χ3n) is 6.52. The molecule has 0 bridgehead atoms. The van der Waals surface area contributed by atoms with Crippen molar-refractivity contribution in [2.75, 3.05) is 66.2 Å². The van der Waals surface area contributed by atoms with E-state index in [1.807, 2.05) is 11.9 Å². The van der Waals surface area contributed by atoms with Gasteiger partial charge in [-0.15, -0.1) is 0 Å². The number of carbonyl (C=O) groups is 1. The molecule has 150 valence electrons. The molecule has 0 aromatic rings. The van der Waals surface area contributed by atoms with Gasteiger partial charge in [0.1, 0.15) is 0 Å². The summed E-state index contributed by atoms with van der Waals surface area (Å²) in [7, 11) is 1.98. The van der Waals surface area contributed by atoms with E-state index in [2.05, 4.69) is 16.7 Å². The number of hydrogen-bond donors (Lipinski definition) is 0. The lowest BCUT2D eigenvalue weighted by Crippen LogP contribution is -2.53. The van der Waals surface area contributed by atoms with Crippen LogP contribution < -0.4 is 0 Å². The van der Waals surface area contributed by atoms with Crippen molar-refractivity contribution in [1.82, 2.24) is 14.7 Å². The smallest absolute Gasteiger partial charge is 0.225 e. The molecule has 0 aromatic carbocycles. The minimum atomic E-state index is 0.170. The zero-order valence-corrected chi connectivity index (χ0v) is 16.7. The van der Waals surface area contributed by atoms with E-state index in [0.717, 1.165) is 71.9 Å². The highest BCUT2D eigenvalue weighted by Gasteiger charge is 2.32. The van der Waals surface area contributed by atoms with Gasteiger partial charge in [-0.05, 0) is 45.2 Å². The molecule has 3 aliphatic heterocycles. The second-order valence-corrected chi connectivity index (χ2v) is 8.04. The predicted molar refractivity (Wildman–Crippen MR) is 102 cm³/mol. The molecule has 3 saturated heterocycles. The van der Waals surface area contributed by atoms with Gasteiger partial charge in [-0.3, -0.25) is 9.69 Å². The number of rotatable bonds is 6. The van der Waals surface area contributed by atoms with Gasteiger partial charge in [0, 0.05) is 57.9 Å². The first-order valence-corrected chi connectivity index (χ1v) is 10.6. The van der Waals surface area contributed by atoms with Gasteiger partial charge in [0.05, 0.1) is 13.2 Å². The summed E-state index contributed by atoms with van der Waals surface area (Å²) in [6.07, 6.45) is 5.34. The van der Waals surface area contributed by atoms with Crippen LogP contribution in [0.4, 0.5) is 0 Å². The van der Waals surface area contributed by atoms with Crippen molar-refractivity contribution in [3.63, 3.8) is 0 Å². The van der Waals surface area contributed by atoms with Crippen LogP contribution in [0, 0.1) is 5.92 Å². The lowest BCUT2D eigenvalue weighted by atomic mass is 9.93. The Balaban J connectivity index is 1.49. The van der Waals surface area contributed by atoms with Crippen molar-refractivity contribution in [2.45, 2.75) is 51.1 Å². The number of ether oxygens (including phenoxy) is 2. The van der Waals surface area contributed by atoms with E-state index in [0.29, 0.717) is 18.0 Å². The number of nitrogens with zero attached hydrogens (tertiary/aromatic N) is 3. The highest BCUT2D eigenvalue weighted by Crippen LogP contribution is 2.25. The molecule has 26 heavy (non-hydrogen) atoms. The number of likely N-dealkylation sites (tertiary alicyclic amines) is 1. The fraction of sp³-hybridized carbons (Fsp3) is 0.950. The van der Waals surface area contributed by atoms with Crippen molar-refractivity contribution >= 4 is 5.91 Å². The maximum atomic E-state index is 12.7. The second kappa shape index (κ2) is 10.0. The van der Waals surface area contributed by atoms with Gasteiger partial charge in [0.25, 0.3) is 0 Å². The molecular weight excluding hydrogens is 330 g/mol. The molecule has 0 aliphatic carbocycles. The third kappa shape index (κ3) is 5.18. The fourth-order valence-corrected chi connectivity index (χ4v) is 4.78. The van der Waals surface area contributed by atoms with Gasteiger partial charge in [0.2, 0.25) is 5.91 Å². The van der Waals surface area contributed by atoms with Crippen LogP contribution in [-0.2, 0) is 14.3 Å². The van der Waals surface area contributed by atoms with Gasteiger partial charge in [-0.1, -0.05) is 6.92 Å². The molecule has 0 radical (unpaired) electrons. The third-order valence-corrected chi connectivity index (χ3v) is 6.52. The average molecular weight is 368 g/mol. The maximum absolute atomic E-state index is 12.7. The normalized spacial score (nSPS) is 29.6. The first kappa shape index (κ1) is 20.1. The maximum Gasteiger partial charge on any atom is 0.225 e. The Kier molecular flexibility index (Phi) is 7.73. The Morgan fingerprint density at radius 3 is 2.42 bits per heavy atom. The summed E-state index contributed by atoms with van der Waals surface area (Å²) in [6.45, 7) is 10.8. The molecular formula is C20H37N3O3. The number of morpholine rings is 1. The molecule has 3 fully saturated rings. The fourth-order valence-electron chi connectivity index (χ4n) is 4.78. The number of hydrogen-bond acceptors (Lipinski definition) is 5. The Morgan fingerprint density at radius 1 is 1.04 bits per heavy atom. The highest BCUT2D eigenvalue weighted by molar-refractivity contribution is 5.78. The first-order valence-electron chi connectivity index (χ1n) is 10.6. The summed E-state index contributed by atoms with van der Waals surface area (Å²) in [5.74, 6) is 0.486. The monoisotopic (exact) mass is 367 g/mol. The van der Waals surface area contributed by atoms with Gasteiger partial charge >= 0.3 is 0 Å². The van der Waals surface area contributed by atoms with Crippen LogP contribution in [0.15, 0.2) is 0 Å². The molecule has 0 aromatic heterocycles. The molecule has 3 aliphatic rings. The Hall–Kier alpha value is -0.690. The van der Waals surface area contributed by atoms with E-state index in [1.54, 1.807) is 0 Å². The van der Waals surface area contributed by atoms with Crippen LogP contribution in [0.2, 0.25) is 0 Å². The van der Waals surface area contributed by atoms with Gasteiger partial charge in [-0.2, -0.15) is 0 Å². The van der Waals surface area contributed by atoms with E-state index >= 15 is 0 Å². The largest absolute Gasteiger partial charge is 0.381 e. The summed E-state index contributed by atoms with van der Waals surface area (Å²) >= 11 is 0. The Labute approximate surface area is 158 Å². The molecule has 3 heterocycles. The molecule has 6 nitrogen and oxygen atoms in total. The lowest BCUT2D eigenvalue weighted by molar-refractivity contribution is -0.137. The Bertz CT molecular complexity index is 436. The van der Waals surface area contributed by atoms with Crippen LogP contribution in [0.1, 0.15) is 39.0 Å². The first-order chi connectivity index (χ1) is 12.7. The Morgan fingerprint density at radius 2 is 1.73 bits per heavy atom. The molecule has 0 spiro atoms. The van der Waals surface area contributed by atoms with E-state index < -0.39 is 0 Å². The van der Waals surface area contributed by atoms with E-state index in [1.165, 1.54) is 19.4 Å². The van der Waals surface area contributed by atoms with Gasteiger partial charge in [-0.25, -0.2) is 0 Å². The molecule has 2 unspecified atom stereocenters. The standard InChI is InChI=1S/C20H37N3O3/c1-3-22-9-5-19(23-10-14-26-15-11-23)16-18(22)4-8-21(2)20(24)17-6-12-25-13-7-17/h17-19H,3-16H2,1-2H3. The summed E-state index contributed by atoms with van der Waals surface area (Å²) in [5.41, 5.74) is 0. The lowest BCUT2D eigenvalue weighted by Gasteiger charge is -2.44. The molecule has 3 rings (SSSR count). The SMILES string of the molecule is CCN1CCC(N2CCOCC2)CC1CCN(C)C(=O)C1CCOCC1. The van der Waals surface area contributed by atoms with Crippen LogP contribution >= 0.6 is 0 Å². The van der Waals surface area contributed by atoms with E-state index in [9.17, 15) is 4.79 Å². The quantitative estimate of drug-likeness (QED) is 0.711. The van der Waals surface area contributed by atoms with Crippen molar-refractivity contribution in [1.29, 1.82) is 0 Å². The second-order valence-electron chi connectivity index (χ2n) is 8.04. The van der Waals surface area contributed by atoms with Crippen molar-refractivity contribution < 1.29 is 14.3 Å². The van der Waals surface area contributed by atoms with Crippen molar-refractivity contribution in [3.05, 3.63) is 0 Å². The predicted octanol–water partition coefficient (Wildman–Crippen LogP) is 1.45. The van der Waals surface area contributed by atoms with Crippen LogP contribution in [-0.4, -0.2) is 98.9 Å². The highest BCUT2D eigenvalue weighted by atomic mass is 16.5. The molecule has 1 amide bonds. The van der Waals surface area contributed by atoms with Crippen LogP contribution in [0.5, 0.6) is 0 Å². The van der Waals surface area contributed by atoms with Crippen molar-refractivity contribution in [2.24, 2.45) is 5.92 Å². The summed E-state index contributed by atoms with van der Waals surface area (Å²) in [4.78, 5) is 19.9. The summed E-state index contributed by atoms with van der Waals surface area (Å²) in [5, 5.41) is 0. The molecule has 0 N–H and O–H groups in total. The van der Waals surface area contributed by atoms with Gasteiger partial charge in [0.15, 0.2) is 0 Å². The van der Waals surface area contributed by atoms with Gasteiger partial charge < -0.3 is 19.3 Å². The topological polar surface area (TPSA) is 45.2 Å². The van der Waals surface area contributed by atoms with E-state index in [4.69, 9.17) is 9.47 Å². The minimum Gasteiger partial charge on any atom is -0.381 e. The molecule has 6 heteroatoms. The summed E-state index contributed by atoms with van der Waals surface area (Å²) in [6, 6.07) is 1.27. The summed E-state index contributed by atoms with van der Waals surface area (Å²) < 4.78 is 10.9. The zero-order valence-electron chi connectivity index (χ0n) is 16.7. The van der Waals surface area contributed by atoms with Crippen molar-refractivity contribution in [3.8, 4) is 0 Å². The number of carbonyl (C=O) groups excluding carboxylic acids is 1. The minimum absolute atomic E-state index is 0.170. The number of piperidine rings is 1. The number of amides is 1. The average Bonchev–Trinajstić information content (AvgIpc) is 2.72. The van der Waals surface area contributed by atoms with Crippen LogP contribution in [0.3, 0.4) is 0 Å². The molecule has 0 saturated carbocycles. The molecule has 2 atom stereocenters. The van der Waals surface area contributed by atoms with E-state index in [-0.39, 0.29) is 5.92 Å². The zero-order chi connectivity index (χ0) is 18.4.